The van der Waals surface area contributed by atoms with Gasteiger partial charge in [0.05, 0.1) is 7.11 Å². The molecule has 0 saturated heterocycles. The maximum absolute atomic E-state index is 12.4. The fraction of sp³-hybridized carbons (Fsp3) is 0.235. The van der Waals surface area contributed by atoms with E-state index in [9.17, 15) is 4.79 Å². The summed E-state index contributed by atoms with van der Waals surface area (Å²) in [6.45, 7) is 1.30. The van der Waals surface area contributed by atoms with Crippen molar-refractivity contribution in [1.29, 1.82) is 0 Å². The molecule has 3 rings (SSSR count). The third kappa shape index (κ3) is 3.51. The molecule has 0 spiro atoms. The second-order valence-electron chi connectivity index (χ2n) is 5.02. The van der Waals surface area contributed by atoms with Crippen molar-refractivity contribution in [3.05, 3.63) is 52.5 Å². The minimum absolute atomic E-state index is 0.222. The second-order valence-corrected chi connectivity index (χ2v) is 5.45. The summed E-state index contributed by atoms with van der Waals surface area (Å²) in [4.78, 5) is 12.4. The number of amides is 1. The molecular weight excluding hydrogens is 318 g/mol. The molecule has 0 aliphatic carbocycles. The van der Waals surface area contributed by atoms with Crippen LogP contribution in [0.2, 0.25) is 5.02 Å². The predicted octanol–water partition coefficient (Wildman–Crippen LogP) is 3.05. The lowest BCUT2D eigenvalue weighted by molar-refractivity contribution is 0.0949. The monoisotopic (exact) mass is 333 g/mol. The number of hydrogen-bond donors (Lipinski definition) is 1. The normalized spacial score (nSPS) is 12.6. The van der Waals surface area contributed by atoms with Crippen molar-refractivity contribution >= 4 is 17.5 Å². The molecule has 0 radical (unpaired) electrons. The fourth-order valence-electron chi connectivity index (χ4n) is 2.34. The van der Waals surface area contributed by atoms with Crippen molar-refractivity contribution < 1.29 is 19.0 Å². The van der Waals surface area contributed by atoms with Gasteiger partial charge in [-0.15, -0.1) is 0 Å². The Morgan fingerprint density at radius 1 is 1.26 bits per heavy atom. The Labute approximate surface area is 139 Å². The van der Waals surface area contributed by atoms with E-state index in [4.69, 9.17) is 25.8 Å². The molecule has 2 aromatic rings. The minimum atomic E-state index is -0.222. The van der Waals surface area contributed by atoms with Gasteiger partial charge in [-0.25, -0.2) is 0 Å². The van der Waals surface area contributed by atoms with Gasteiger partial charge in [0.15, 0.2) is 11.5 Å². The van der Waals surface area contributed by atoms with Crippen LogP contribution in [0.15, 0.2) is 36.4 Å². The summed E-state index contributed by atoms with van der Waals surface area (Å²) in [5, 5.41) is 3.49. The van der Waals surface area contributed by atoms with Gasteiger partial charge in [0.1, 0.15) is 13.2 Å². The van der Waals surface area contributed by atoms with E-state index in [1.807, 2.05) is 18.2 Å². The van der Waals surface area contributed by atoms with Crippen molar-refractivity contribution in [2.45, 2.75) is 6.54 Å². The smallest absolute Gasteiger partial charge is 0.251 e. The van der Waals surface area contributed by atoms with Crippen LogP contribution in [0.25, 0.3) is 0 Å². The molecule has 0 saturated carbocycles. The summed E-state index contributed by atoms with van der Waals surface area (Å²) in [5.41, 5.74) is 1.38. The number of nitrogens with one attached hydrogen (secondary N) is 1. The first kappa shape index (κ1) is 15.5. The highest BCUT2D eigenvalue weighted by Crippen LogP contribution is 2.40. The van der Waals surface area contributed by atoms with Crippen molar-refractivity contribution in [2.75, 3.05) is 20.3 Å². The lowest BCUT2D eigenvalue weighted by Gasteiger charge is -2.21. The summed E-state index contributed by atoms with van der Waals surface area (Å²) in [6, 6.07) is 10.6. The Morgan fingerprint density at radius 2 is 2.09 bits per heavy atom. The van der Waals surface area contributed by atoms with Gasteiger partial charge in [0.2, 0.25) is 5.75 Å². The van der Waals surface area contributed by atoms with Gasteiger partial charge in [0, 0.05) is 17.1 Å². The lowest BCUT2D eigenvalue weighted by Crippen LogP contribution is -2.23. The molecule has 1 N–H and O–H groups in total. The molecule has 0 atom stereocenters. The number of rotatable bonds is 4. The van der Waals surface area contributed by atoms with Crippen LogP contribution in [0.1, 0.15) is 15.9 Å². The second kappa shape index (κ2) is 6.79. The Bertz CT molecular complexity index is 715. The predicted molar refractivity (Wildman–Crippen MR) is 86.6 cm³/mol. The van der Waals surface area contributed by atoms with Crippen LogP contribution in [0, 0.1) is 0 Å². The van der Waals surface area contributed by atoms with Gasteiger partial charge in [0.25, 0.3) is 5.91 Å². The Balaban J connectivity index is 1.77. The summed E-state index contributed by atoms with van der Waals surface area (Å²) >= 11 is 5.94. The minimum Gasteiger partial charge on any atom is -0.493 e. The highest BCUT2D eigenvalue weighted by molar-refractivity contribution is 6.30. The number of carbonyl (C=O) groups is 1. The first-order valence-corrected chi connectivity index (χ1v) is 7.55. The van der Waals surface area contributed by atoms with Gasteiger partial charge in [-0.1, -0.05) is 23.7 Å². The van der Waals surface area contributed by atoms with Crippen molar-refractivity contribution in [1.82, 2.24) is 5.32 Å². The van der Waals surface area contributed by atoms with Gasteiger partial charge in [-0.2, -0.15) is 0 Å². The van der Waals surface area contributed by atoms with E-state index in [1.54, 1.807) is 18.2 Å². The number of ether oxygens (including phenoxy) is 3. The number of carbonyl (C=O) groups excluding carboxylic acids is 1. The van der Waals surface area contributed by atoms with E-state index in [2.05, 4.69) is 5.32 Å². The molecule has 1 aliphatic heterocycles. The molecule has 6 heteroatoms. The number of benzene rings is 2. The van der Waals surface area contributed by atoms with Crippen LogP contribution in [0.3, 0.4) is 0 Å². The molecule has 1 amide bonds. The zero-order valence-corrected chi connectivity index (χ0v) is 13.4. The first-order chi connectivity index (χ1) is 11.2. The summed E-state index contributed by atoms with van der Waals surface area (Å²) < 4.78 is 16.3. The van der Waals surface area contributed by atoms with Crippen molar-refractivity contribution in [2.24, 2.45) is 0 Å². The average molecular weight is 334 g/mol. The summed E-state index contributed by atoms with van der Waals surface area (Å²) in [5.74, 6) is 1.31. The quantitative estimate of drug-likeness (QED) is 0.934. The average Bonchev–Trinajstić information content (AvgIpc) is 2.58. The van der Waals surface area contributed by atoms with Crippen LogP contribution < -0.4 is 19.5 Å². The third-order valence-electron chi connectivity index (χ3n) is 3.43. The molecule has 23 heavy (non-hydrogen) atoms. The van der Waals surface area contributed by atoms with E-state index in [0.29, 0.717) is 47.6 Å². The summed E-state index contributed by atoms with van der Waals surface area (Å²) in [6.07, 6.45) is 0. The van der Waals surface area contributed by atoms with Crippen LogP contribution >= 0.6 is 11.6 Å². The molecule has 0 unspecified atom stereocenters. The van der Waals surface area contributed by atoms with Crippen LogP contribution in [0.5, 0.6) is 17.2 Å². The summed E-state index contributed by atoms with van der Waals surface area (Å²) in [7, 11) is 1.53. The van der Waals surface area contributed by atoms with Gasteiger partial charge >= 0.3 is 0 Å². The largest absolute Gasteiger partial charge is 0.493 e. The standard InChI is InChI=1S/C17H16ClNO4/c1-21-14-8-12(9-15-16(14)23-6-5-22-15)17(20)19-10-11-3-2-4-13(18)7-11/h2-4,7-9H,5-6,10H2,1H3,(H,19,20). The molecule has 120 valence electrons. The molecule has 0 fully saturated rings. The number of hydrogen-bond acceptors (Lipinski definition) is 4. The van der Waals surface area contributed by atoms with E-state index in [0.717, 1.165) is 5.56 Å². The van der Waals surface area contributed by atoms with Gasteiger partial charge in [-0.05, 0) is 29.8 Å². The Morgan fingerprint density at radius 3 is 2.87 bits per heavy atom. The van der Waals surface area contributed by atoms with Crippen LogP contribution in [0.4, 0.5) is 0 Å². The molecule has 2 aromatic carbocycles. The van der Waals surface area contributed by atoms with E-state index in [1.165, 1.54) is 7.11 Å². The number of fused-ring (bicyclic) bond motifs is 1. The highest BCUT2D eigenvalue weighted by Gasteiger charge is 2.20. The van der Waals surface area contributed by atoms with Gasteiger partial charge < -0.3 is 19.5 Å². The number of methoxy groups -OCH3 is 1. The first-order valence-electron chi connectivity index (χ1n) is 7.17. The van der Waals surface area contributed by atoms with Crippen molar-refractivity contribution in [3.63, 3.8) is 0 Å². The van der Waals surface area contributed by atoms with Gasteiger partial charge in [-0.3, -0.25) is 4.79 Å². The highest BCUT2D eigenvalue weighted by atomic mass is 35.5. The topological polar surface area (TPSA) is 56.8 Å². The maximum Gasteiger partial charge on any atom is 0.251 e. The fourth-order valence-corrected chi connectivity index (χ4v) is 2.55. The molecular formula is C17H16ClNO4. The number of halogens is 1. The van der Waals surface area contributed by atoms with E-state index in [-0.39, 0.29) is 5.91 Å². The van der Waals surface area contributed by atoms with E-state index >= 15 is 0 Å². The Hall–Kier alpha value is -2.40. The maximum atomic E-state index is 12.4. The van der Waals surface area contributed by atoms with Crippen LogP contribution in [-0.4, -0.2) is 26.2 Å². The van der Waals surface area contributed by atoms with Crippen LogP contribution in [-0.2, 0) is 6.54 Å². The lowest BCUT2D eigenvalue weighted by atomic mass is 10.1. The Kier molecular flexibility index (Phi) is 4.57. The third-order valence-corrected chi connectivity index (χ3v) is 3.67. The zero-order valence-electron chi connectivity index (χ0n) is 12.6. The molecule has 1 aliphatic rings. The SMILES string of the molecule is COc1cc(C(=O)NCc2cccc(Cl)c2)cc2c1OCCO2. The molecule has 0 bridgehead atoms. The molecule has 1 heterocycles. The molecule has 5 nitrogen and oxygen atoms in total. The zero-order chi connectivity index (χ0) is 16.2. The van der Waals surface area contributed by atoms with Crippen molar-refractivity contribution in [3.8, 4) is 17.2 Å². The van der Waals surface area contributed by atoms with E-state index < -0.39 is 0 Å². The molecule has 0 aromatic heterocycles.